The van der Waals surface area contributed by atoms with Crippen molar-refractivity contribution in [2.45, 2.75) is 24.3 Å². The summed E-state index contributed by atoms with van der Waals surface area (Å²) < 4.78 is 31.7. The number of ether oxygens (including phenoxy) is 1. The zero-order valence-electron chi connectivity index (χ0n) is 11.8. The van der Waals surface area contributed by atoms with E-state index in [1.165, 1.54) is 4.31 Å². The smallest absolute Gasteiger partial charge is 0.242 e. The Morgan fingerprint density at radius 1 is 1.25 bits per heavy atom. The summed E-state index contributed by atoms with van der Waals surface area (Å²) in [5, 5.41) is 0. The SMILES string of the molecule is CN(CC1CCOCC1)S(=O)(=O)c1ccc(CN)cc1. The fourth-order valence-corrected chi connectivity index (χ4v) is 3.62. The van der Waals surface area contributed by atoms with Crippen LogP contribution in [-0.4, -0.2) is 39.5 Å². The highest BCUT2D eigenvalue weighted by molar-refractivity contribution is 7.89. The van der Waals surface area contributed by atoms with E-state index in [9.17, 15) is 8.42 Å². The minimum absolute atomic E-state index is 0.323. The second-order valence-electron chi connectivity index (χ2n) is 5.19. The van der Waals surface area contributed by atoms with Crippen LogP contribution in [0.4, 0.5) is 0 Å². The van der Waals surface area contributed by atoms with Crippen molar-refractivity contribution in [1.82, 2.24) is 4.31 Å². The lowest BCUT2D eigenvalue weighted by Gasteiger charge is -2.26. The van der Waals surface area contributed by atoms with Crippen LogP contribution in [0.1, 0.15) is 18.4 Å². The van der Waals surface area contributed by atoms with E-state index < -0.39 is 10.0 Å². The minimum atomic E-state index is -3.41. The predicted molar refractivity (Wildman–Crippen MR) is 77.7 cm³/mol. The number of sulfonamides is 1. The van der Waals surface area contributed by atoms with Crippen LogP contribution in [0.15, 0.2) is 29.2 Å². The number of benzene rings is 1. The predicted octanol–water partition coefficient (Wildman–Crippen LogP) is 1.19. The zero-order valence-corrected chi connectivity index (χ0v) is 12.6. The van der Waals surface area contributed by atoms with Crippen molar-refractivity contribution in [3.05, 3.63) is 29.8 Å². The molecule has 0 aliphatic carbocycles. The first-order valence-corrected chi connectivity index (χ1v) is 8.31. The Morgan fingerprint density at radius 2 is 1.85 bits per heavy atom. The maximum atomic E-state index is 12.5. The standard InChI is InChI=1S/C14H22N2O3S/c1-16(11-13-6-8-19-9-7-13)20(17,18)14-4-2-12(10-15)3-5-14/h2-5,13H,6-11,15H2,1H3. The average Bonchev–Trinajstić information content (AvgIpc) is 2.48. The van der Waals surface area contributed by atoms with Gasteiger partial charge < -0.3 is 10.5 Å². The van der Waals surface area contributed by atoms with Crippen molar-refractivity contribution >= 4 is 10.0 Å². The molecule has 1 saturated heterocycles. The maximum Gasteiger partial charge on any atom is 0.242 e. The summed E-state index contributed by atoms with van der Waals surface area (Å²) in [6, 6.07) is 6.76. The van der Waals surface area contributed by atoms with Gasteiger partial charge in [0.25, 0.3) is 0 Å². The molecule has 112 valence electrons. The first-order valence-electron chi connectivity index (χ1n) is 6.87. The number of hydrogen-bond acceptors (Lipinski definition) is 4. The quantitative estimate of drug-likeness (QED) is 0.886. The molecular weight excluding hydrogens is 276 g/mol. The lowest BCUT2D eigenvalue weighted by Crippen LogP contribution is -2.34. The topological polar surface area (TPSA) is 72.6 Å². The van der Waals surface area contributed by atoms with E-state index >= 15 is 0 Å². The molecule has 1 aromatic rings. The molecule has 1 aliphatic rings. The Labute approximate surface area is 120 Å². The second-order valence-corrected chi connectivity index (χ2v) is 7.23. The average molecular weight is 298 g/mol. The molecule has 1 aliphatic heterocycles. The first kappa shape index (κ1) is 15.4. The van der Waals surface area contributed by atoms with Gasteiger partial charge in [-0.3, -0.25) is 0 Å². The van der Waals surface area contributed by atoms with Gasteiger partial charge in [-0.1, -0.05) is 12.1 Å². The number of nitrogens with zero attached hydrogens (tertiary/aromatic N) is 1. The molecule has 1 heterocycles. The van der Waals surface area contributed by atoms with Crippen molar-refractivity contribution in [3.63, 3.8) is 0 Å². The zero-order chi connectivity index (χ0) is 14.6. The van der Waals surface area contributed by atoms with Gasteiger partial charge in [-0.25, -0.2) is 12.7 Å². The normalized spacial score (nSPS) is 17.6. The fraction of sp³-hybridized carbons (Fsp3) is 0.571. The molecule has 0 radical (unpaired) electrons. The maximum absolute atomic E-state index is 12.5. The van der Waals surface area contributed by atoms with E-state index in [0.717, 1.165) is 31.6 Å². The highest BCUT2D eigenvalue weighted by atomic mass is 32.2. The summed E-state index contributed by atoms with van der Waals surface area (Å²) in [5.41, 5.74) is 6.45. The summed E-state index contributed by atoms with van der Waals surface area (Å²) in [7, 11) is -1.77. The highest BCUT2D eigenvalue weighted by Crippen LogP contribution is 2.20. The van der Waals surface area contributed by atoms with Gasteiger partial charge in [0.1, 0.15) is 0 Å². The van der Waals surface area contributed by atoms with E-state index in [4.69, 9.17) is 10.5 Å². The van der Waals surface area contributed by atoms with Crippen molar-refractivity contribution in [2.24, 2.45) is 11.7 Å². The first-order chi connectivity index (χ1) is 9.54. The summed E-state index contributed by atoms with van der Waals surface area (Å²) >= 11 is 0. The van der Waals surface area contributed by atoms with Gasteiger partial charge in [-0.2, -0.15) is 0 Å². The molecular formula is C14H22N2O3S. The molecule has 0 unspecified atom stereocenters. The van der Waals surface area contributed by atoms with Gasteiger partial charge in [0.15, 0.2) is 0 Å². The highest BCUT2D eigenvalue weighted by Gasteiger charge is 2.24. The van der Waals surface area contributed by atoms with Crippen LogP contribution < -0.4 is 5.73 Å². The Bertz CT molecular complexity index is 522. The van der Waals surface area contributed by atoms with E-state index in [2.05, 4.69) is 0 Å². The van der Waals surface area contributed by atoms with Gasteiger partial charge in [-0.15, -0.1) is 0 Å². The van der Waals surface area contributed by atoms with Crippen LogP contribution >= 0.6 is 0 Å². The van der Waals surface area contributed by atoms with Crippen LogP contribution in [0, 0.1) is 5.92 Å². The van der Waals surface area contributed by atoms with E-state index in [0.29, 0.717) is 23.9 Å². The van der Waals surface area contributed by atoms with E-state index in [-0.39, 0.29) is 0 Å². The largest absolute Gasteiger partial charge is 0.381 e. The van der Waals surface area contributed by atoms with Crippen LogP contribution in [0.3, 0.4) is 0 Å². The molecule has 20 heavy (non-hydrogen) atoms. The third kappa shape index (κ3) is 3.58. The van der Waals surface area contributed by atoms with Crippen LogP contribution in [-0.2, 0) is 21.3 Å². The van der Waals surface area contributed by atoms with Crippen molar-refractivity contribution in [1.29, 1.82) is 0 Å². The molecule has 0 aromatic heterocycles. The Hall–Kier alpha value is -0.950. The third-order valence-corrected chi connectivity index (χ3v) is 5.56. The van der Waals surface area contributed by atoms with Crippen molar-refractivity contribution < 1.29 is 13.2 Å². The Kier molecular flexibility index (Phi) is 5.15. The summed E-state index contributed by atoms with van der Waals surface area (Å²) in [5.74, 6) is 0.381. The molecule has 1 aromatic carbocycles. The third-order valence-electron chi connectivity index (χ3n) is 3.72. The molecule has 2 N–H and O–H groups in total. The monoisotopic (exact) mass is 298 g/mol. The fourth-order valence-electron chi connectivity index (χ4n) is 2.37. The molecule has 0 atom stereocenters. The minimum Gasteiger partial charge on any atom is -0.381 e. The number of nitrogens with two attached hydrogens (primary N) is 1. The second kappa shape index (κ2) is 6.67. The lowest BCUT2D eigenvalue weighted by atomic mass is 10.0. The molecule has 2 rings (SSSR count). The van der Waals surface area contributed by atoms with E-state index in [1.807, 2.05) is 0 Å². The summed E-state index contributed by atoms with van der Waals surface area (Å²) in [6.45, 7) is 2.41. The van der Waals surface area contributed by atoms with E-state index in [1.54, 1.807) is 31.3 Å². The lowest BCUT2D eigenvalue weighted by molar-refractivity contribution is 0.0620. The van der Waals surface area contributed by atoms with Crippen LogP contribution in [0.2, 0.25) is 0 Å². The Morgan fingerprint density at radius 3 is 2.40 bits per heavy atom. The van der Waals surface area contributed by atoms with Crippen LogP contribution in [0.25, 0.3) is 0 Å². The summed E-state index contributed by atoms with van der Waals surface area (Å²) in [4.78, 5) is 0.323. The molecule has 6 heteroatoms. The molecule has 1 fully saturated rings. The van der Waals surface area contributed by atoms with Crippen LogP contribution in [0.5, 0.6) is 0 Å². The summed E-state index contributed by atoms with van der Waals surface area (Å²) in [6.07, 6.45) is 1.85. The molecule has 5 nitrogen and oxygen atoms in total. The Balaban J connectivity index is 2.07. The van der Waals surface area contributed by atoms with Gasteiger partial charge >= 0.3 is 0 Å². The molecule has 0 saturated carbocycles. The molecule has 0 amide bonds. The van der Waals surface area contributed by atoms with Gasteiger partial charge in [-0.05, 0) is 36.5 Å². The molecule has 0 bridgehead atoms. The van der Waals surface area contributed by atoms with Crippen molar-refractivity contribution in [3.8, 4) is 0 Å². The van der Waals surface area contributed by atoms with Crippen molar-refractivity contribution in [2.75, 3.05) is 26.8 Å². The number of hydrogen-bond donors (Lipinski definition) is 1. The molecule has 0 spiro atoms. The van der Waals surface area contributed by atoms with Gasteiger partial charge in [0.05, 0.1) is 4.90 Å². The van der Waals surface area contributed by atoms with Gasteiger partial charge in [0.2, 0.25) is 10.0 Å². The number of rotatable bonds is 5. The van der Waals surface area contributed by atoms with Gasteiger partial charge in [0, 0.05) is 33.4 Å².